The normalized spacial score (nSPS) is 12.2. The SMILES string of the molecule is CC.CC.COc1ccc2c(c1)CCC(=O)N2CC(=O)O. The molecule has 0 atom stereocenters. The van der Waals surface area contributed by atoms with Crippen LogP contribution in [0.25, 0.3) is 0 Å². The Hall–Kier alpha value is -2.04. The number of rotatable bonds is 3. The van der Waals surface area contributed by atoms with Crippen molar-refractivity contribution in [2.24, 2.45) is 0 Å². The lowest BCUT2D eigenvalue weighted by Gasteiger charge is -2.28. The molecule has 0 spiro atoms. The van der Waals surface area contributed by atoms with Crippen molar-refractivity contribution in [3.05, 3.63) is 23.8 Å². The third kappa shape index (κ3) is 5.10. The summed E-state index contributed by atoms with van der Waals surface area (Å²) in [5.74, 6) is -0.444. The number of aryl methyl sites for hydroxylation is 1. The molecule has 118 valence electrons. The monoisotopic (exact) mass is 295 g/mol. The molecule has 1 amide bonds. The molecule has 1 aromatic carbocycles. The zero-order valence-corrected chi connectivity index (χ0v) is 13.5. The average molecular weight is 295 g/mol. The lowest BCUT2D eigenvalue weighted by molar-refractivity contribution is -0.136. The first-order valence-electron chi connectivity index (χ1n) is 7.31. The minimum atomic E-state index is -1.01. The molecule has 0 aromatic heterocycles. The highest BCUT2D eigenvalue weighted by Gasteiger charge is 2.25. The summed E-state index contributed by atoms with van der Waals surface area (Å²) in [5.41, 5.74) is 1.62. The highest BCUT2D eigenvalue weighted by molar-refractivity contribution is 6.00. The highest BCUT2D eigenvalue weighted by atomic mass is 16.5. The van der Waals surface area contributed by atoms with Gasteiger partial charge in [-0.15, -0.1) is 0 Å². The van der Waals surface area contributed by atoms with Crippen molar-refractivity contribution in [3.8, 4) is 5.75 Å². The molecule has 0 saturated carbocycles. The average Bonchev–Trinajstić information content (AvgIpc) is 2.53. The van der Waals surface area contributed by atoms with Gasteiger partial charge in [0.15, 0.2) is 0 Å². The van der Waals surface area contributed by atoms with E-state index in [2.05, 4.69) is 0 Å². The lowest BCUT2D eigenvalue weighted by atomic mass is 10.0. The first-order chi connectivity index (χ1) is 10.1. The topological polar surface area (TPSA) is 66.8 Å². The molecule has 0 bridgehead atoms. The van der Waals surface area contributed by atoms with Crippen molar-refractivity contribution in [2.45, 2.75) is 40.5 Å². The van der Waals surface area contributed by atoms with Crippen molar-refractivity contribution in [1.82, 2.24) is 0 Å². The van der Waals surface area contributed by atoms with Gasteiger partial charge in [-0.1, -0.05) is 27.7 Å². The Morgan fingerprint density at radius 3 is 2.38 bits per heavy atom. The first-order valence-corrected chi connectivity index (χ1v) is 7.31. The molecule has 1 heterocycles. The minimum Gasteiger partial charge on any atom is -0.497 e. The van der Waals surface area contributed by atoms with Crippen LogP contribution in [0.3, 0.4) is 0 Å². The van der Waals surface area contributed by atoms with E-state index in [0.29, 0.717) is 24.3 Å². The maximum Gasteiger partial charge on any atom is 0.323 e. The van der Waals surface area contributed by atoms with Crippen LogP contribution in [0.4, 0.5) is 5.69 Å². The number of benzene rings is 1. The Balaban J connectivity index is 0.000000921. The van der Waals surface area contributed by atoms with Gasteiger partial charge < -0.3 is 14.7 Å². The predicted octanol–water partition coefficient (Wildman–Crippen LogP) is 3.11. The Labute approximate surface area is 126 Å². The first kappa shape index (κ1) is 19.0. The van der Waals surface area contributed by atoms with Crippen molar-refractivity contribution in [1.29, 1.82) is 0 Å². The van der Waals surface area contributed by atoms with Gasteiger partial charge in [0, 0.05) is 12.1 Å². The van der Waals surface area contributed by atoms with Gasteiger partial charge in [-0.05, 0) is 30.2 Å². The van der Waals surface area contributed by atoms with Crippen LogP contribution in [-0.4, -0.2) is 30.6 Å². The molecule has 5 heteroatoms. The molecule has 0 unspecified atom stereocenters. The number of nitrogens with zero attached hydrogens (tertiary/aromatic N) is 1. The maximum atomic E-state index is 11.7. The molecule has 1 aliphatic rings. The van der Waals surface area contributed by atoms with Gasteiger partial charge in [0.2, 0.25) is 5.91 Å². The molecule has 1 aromatic rings. The predicted molar refractivity (Wildman–Crippen MR) is 84.0 cm³/mol. The van der Waals surface area contributed by atoms with E-state index in [0.717, 1.165) is 5.56 Å². The molecular formula is C16H25NO4. The molecular weight excluding hydrogens is 270 g/mol. The molecule has 5 nitrogen and oxygen atoms in total. The summed E-state index contributed by atoms with van der Waals surface area (Å²) in [6.07, 6.45) is 0.967. The van der Waals surface area contributed by atoms with E-state index in [-0.39, 0.29) is 12.5 Å². The van der Waals surface area contributed by atoms with Crippen molar-refractivity contribution in [2.75, 3.05) is 18.6 Å². The smallest absolute Gasteiger partial charge is 0.323 e. The van der Waals surface area contributed by atoms with Gasteiger partial charge >= 0.3 is 5.97 Å². The Morgan fingerprint density at radius 2 is 1.86 bits per heavy atom. The second-order valence-corrected chi connectivity index (χ2v) is 3.87. The summed E-state index contributed by atoms with van der Waals surface area (Å²) in [7, 11) is 1.57. The number of hydrogen-bond acceptors (Lipinski definition) is 3. The number of aliphatic carboxylic acids is 1. The van der Waals surface area contributed by atoms with Gasteiger partial charge in [-0.2, -0.15) is 0 Å². The number of methoxy groups -OCH3 is 1. The van der Waals surface area contributed by atoms with Crippen molar-refractivity contribution < 1.29 is 19.4 Å². The van der Waals surface area contributed by atoms with Crippen molar-refractivity contribution in [3.63, 3.8) is 0 Å². The number of carbonyl (C=O) groups excluding carboxylic acids is 1. The summed E-state index contributed by atoms with van der Waals surface area (Å²) >= 11 is 0. The van der Waals surface area contributed by atoms with Crippen molar-refractivity contribution >= 4 is 17.6 Å². The number of carboxylic acid groups (broad SMARTS) is 1. The summed E-state index contributed by atoms with van der Waals surface area (Å²) in [4.78, 5) is 23.7. The zero-order valence-electron chi connectivity index (χ0n) is 13.5. The largest absolute Gasteiger partial charge is 0.497 e. The number of amides is 1. The quantitative estimate of drug-likeness (QED) is 0.930. The Kier molecular flexibility index (Phi) is 8.85. The van der Waals surface area contributed by atoms with Crippen LogP contribution in [0.15, 0.2) is 18.2 Å². The van der Waals surface area contributed by atoms with E-state index in [1.54, 1.807) is 19.2 Å². The molecule has 21 heavy (non-hydrogen) atoms. The van der Waals surface area contributed by atoms with Crippen LogP contribution >= 0.6 is 0 Å². The van der Waals surface area contributed by atoms with Gasteiger partial charge in [0.25, 0.3) is 0 Å². The Morgan fingerprint density at radius 1 is 1.24 bits per heavy atom. The molecule has 0 fully saturated rings. The molecule has 0 radical (unpaired) electrons. The minimum absolute atomic E-state index is 0.148. The van der Waals surface area contributed by atoms with Crippen LogP contribution in [0.1, 0.15) is 39.7 Å². The second kappa shape index (κ2) is 9.80. The fourth-order valence-corrected chi connectivity index (χ4v) is 1.97. The highest BCUT2D eigenvalue weighted by Crippen LogP contribution is 2.30. The van der Waals surface area contributed by atoms with Crippen LogP contribution in [0, 0.1) is 0 Å². The Bertz CT molecular complexity index is 471. The molecule has 2 rings (SSSR count). The molecule has 1 N–H and O–H groups in total. The number of carboxylic acids is 1. The fourth-order valence-electron chi connectivity index (χ4n) is 1.97. The van der Waals surface area contributed by atoms with E-state index in [9.17, 15) is 9.59 Å². The van der Waals surface area contributed by atoms with Gasteiger partial charge in [0.1, 0.15) is 12.3 Å². The van der Waals surface area contributed by atoms with Crippen LogP contribution < -0.4 is 9.64 Å². The third-order valence-electron chi connectivity index (χ3n) is 2.78. The van der Waals surface area contributed by atoms with E-state index in [1.807, 2.05) is 33.8 Å². The summed E-state index contributed by atoms with van der Waals surface area (Å²) in [5, 5.41) is 8.79. The van der Waals surface area contributed by atoms with E-state index in [1.165, 1.54) is 4.90 Å². The standard InChI is InChI=1S/C12H13NO4.2C2H6/c1-17-9-3-4-10-8(6-9)2-5-11(14)13(10)7-12(15)16;2*1-2/h3-4,6H,2,5,7H2,1H3,(H,15,16);2*1-2H3. The number of hydrogen-bond donors (Lipinski definition) is 1. The van der Waals surface area contributed by atoms with Crippen LogP contribution in [-0.2, 0) is 16.0 Å². The lowest BCUT2D eigenvalue weighted by Crippen LogP contribution is -2.38. The maximum absolute atomic E-state index is 11.7. The summed E-state index contributed by atoms with van der Waals surface area (Å²) < 4.78 is 5.10. The molecule has 0 saturated heterocycles. The van der Waals surface area contributed by atoms with E-state index < -0.39 is 5.97 Å². The second-order valence-electron chi connectivity index (χ2n) is 3.87. The molecule has 0 aliphatic carbocycles. The fraction of sp³-hybridized carbons (Fsp3) is 0.500. The zero-order chi connectivity index (χ0) is 16.4. The number of fused-ring (bicyclic) bond motifs is 1. The number of ether oxygens (including phenoxy) is 1. The van der Waals surface area contributed by atoms with Gasteiger partial charge in [0.05, 0.1) is 7.11 Å². The van der Waals surface area contributed by atoms with E-state index >= 15 is 0 Å². The third-order valence-corrected chi connectivity index (χ3v) is 2.78. The molecule has 1 aliphatic heterocycles. The number of carbonyl (C=O) groups is 2. The van der Waals surface area contributed by atoms with E-state index in [4.69, 9.17) is 9.84 Å². The summed E-state index contributed by atoms with van der Waals surface area (Å²) in [6.45, 7) is 7.71. The van der Waals surface area contributed by atoms with Crippen LogP contribution in [0.2, 0.25) is 0 Å². The summed E-state index contributed by atoms with van der Waals surface area (Å²) in [6, 6.07) is 5.30. The number of anilines is 1. The van der Waals surface area contributed by atoms with Gasteiger partial charge in [-0.3, -0.25) is 9.59 Å². The van der Waals surface area contributed by atoms with Crippen LogP contribution in [0.5, 0.6) is 5.75 Å². The van der Waals surface area contributed by atoms with Gasteiger partial charge in [-0.25, -0.2) is 0 Å².